The number of benzene rings is 1. The molecular formula is C20H33IN4O3. The third-order valence-corrected chi connectivity index (χ3v) is 4.31. The molecule has 0 spiro atoms. The summed E-state index contributed by atoms with van der Waals surface area (Å²) in [4.78, 5) is 18.4. The molecule has 0 bridgehead atoms. The maximum absolute atomic E-state index is 11.5. The Morgan fingerprint density at radius 2 is 2.11 bits per heavy atom. The zero-order chi connectivity index (χ0) is 19.5. The molecule has 1 aromatic carbocycles. The third kappa shape index (κ3) is 8.64. The first-order valence-corrected chi connectivity index (χ1v) is 9.68. The molecule has 158 valence electrons. The van der Waals surface area contributed by atoms with Crippen molar-refractivity contribution in [3.05, 3.63) is 29.8 Å². The molecule has 7 nitrogen and oxygen atoms in total. The summed E-state index contributed by atoms with van der Waals surface area (Å²) in [6, 6.07) is 7.71. The fourth-order valence-electron chi connectivity index (χ4n) is 2.97. The van der Waals surface area contributed by atoms with Crippen molar-refractivity contribution in [2.75, 3.05) is 46.5 Å². The first-order chi connectivity index (χ1) is 13.1. The number of hydrogen-bond acceptors (Lipinski definition) is 4. The zero-order valence-corrected chi connectivity index (χ0v) is 19.4. The number of guanidine groups is 1. The van der Waals surface area contributed by atoms with E-state index in [1.165, 1.54) is 0 Å². The highest BCUT2D eigenvalue weighted by molar-refractivity contribution is 14.0. The quantitative estimate of drug-likeness (QED) is 0.307. The summed E-state index contributed by atoms with van der Waals surface area (Å²) >= 11 is 0. The molecule has 1 fully saturated rings. The van der Waals surface area contributed by atoms with Crippen LogP contribution in [0.1, 0.15) is 25.8 Å². The second kappa shape index (κ2) is 13.6. The van der Waals surface area contributed by atoms with E-state index in [2.05, 4.69) is 29.5 Å². The van der Waals surface area contributed by atoms with Crippen LogP contribution in [0.5, 0.6) is 5.75 Å². The molecule has 1 aromatic rings. The second-order valence-corrected chi connectivity index (χ2v) is 6.67. The second-order valence-electron chi connectivity index (χ2n) is 6.67. The molecule has 1 saturated heterocycles. The van der Waals surface area contributed by atoms with E-state index in [-0.39, 0.29) is 36.5 Å². The molecule has 2 N–H and O–H groups in total. The number of amides is 1. The Morgan fingerprint density at radius 1 is 1.32 bits per heavy atom. The fraction of sp³-hybridized carbons (Fsp3) is 0.600. The van der Waals surface area contributed by atoms with Crippen LogP contribution < -0.4 is 15.4 Å². The maximum Gasteiger partial charge on any atom is 0.257 e. The average molecular weight is 504 g/mol. The molecule has 0 radical (unpaired) electrons. The number of aliphatic imine (C=N–C) groups is 1. The molecule has 1 unspecified atom stereocenters. The highest BCUT2D eigenvalue weighted by Crippen LogP contribution is 2.15. The van der Waals surface area contributed by atoms with Gasteiger partial charge in [0.1, 0.15) is 5.75 Å². The summed E-state index contributed by atoms with van der Waals surface area (Å²) in [6.07, 6.45) is 1.11. The van der Waals surface area contributed by atoms with Gasteiger partial charge in [-0.05, 0) is 38.0 Å². The summed E-state index contributed by atoms with van der Waals surface area (Å²) in [5, 5.41) is 6.06. The number of halogens is 1. The summed E-state index contributed by atoms with van der Waals surface area (Å²) in [5.74, 6) is 2.01. The Hall–Kier alpha value is -1.55. The Labute approximate surface area is 185 Å². The Morgan fingerprint density at radius 3 is 2.79 bits per heavy atom. The number of nitrogens with zero attached hydrogens (tertiary/aromatic N) is 2. The number of nitrogens with one attached hydrogen (secondary N) is 2. The lowest BCUT2D eigenvalue weighted by Crippen LogP contribution is -2.41. The Balaban J connectivity index is 0.00000392. The summed E-state index contributed by atoms with van der Waals surface area (Å²) in [5.41, 5.74) is 1.04. The Bertz CT molecular complexity index is 621. The van der Waals surface area contributed by atoms with Gasteiger partial charge in [0.2, 0.25) is 0 Å². The Kier molecular flexibility index (Phi) is 11.9. The van der Waals surface area contributed by atoms with Crippen LogP contribution in [0.3, 0.4) is 0 Å². The van der Waals surface area contributed by atoms with Crippen LogP contribution in [0.4, 0.5) is 0 Å². The number of likely N-dealkylation sites (N-methyl/N-ethyl adjacent to an activating group) is 1. The van der Waals surface area contributed by atoms with Gasteiger partial charge in [-0.15, -0.1) is 24.0 Å². The van der Waals surface area contributed by atoms with Crippen LogP contribution in [-0.4, -0.2) is 63.3 Å². The number of hydrogen-bond donors (Lipinski definition) is 2. The van der Waals surface area contributed by atoms with Crippen molar-refractivity contribution in [1.29, 1.82) is 0 Å². The van der Waals surface area contributed by atoms with Gasteiger partial charge < -0.3 is 25.0 Å². The predicted octanol–water partition coefficient (Wildman–Crippen LogP) is 2.25. The van der Waals surface area contributed by atoms with E-state index < -0.39 is 0 Å². The molecule has 0 saturated carbocycles. The lowest BCUT2D eigenvalue weighted by Gasteiger charge is -2.24. The highest BCUT2D eigenvalue weighted by atomic mass is 127. The molecule has 1 aliphatic heterocycles. The third-order valence-electron chi connectivity index (χ3n) is 4.31. The maximum atomic E-state index is 11.5. The van der Waals surface area contributed by atoms with Gasteiger partial charge in [-0.3, -0.25) is 4.79 Å². The van der Waals surface area contributed by atoms with Crippen molar-refractivity contribution < 1.29 is 14.3 Å². The van der Waals surface area contributed by atoms with Gasteiger partial charge in [-0.25, -0.2) is 4.99 Å². The summed E-state index contributed by atoms with van der Waals surface area (Å²) < 4.78 is 11.0. The normalized spacial score (nSPS) is 16.2. The van der Waals surface area contributed by atoms with E-state index >= 15 is 0 Å². The molecule has 1 atom stereocenters. The van der Waals surface area contributed by atoms with Gasteiger partial charge in [0.15, 0.2) is 12.6 Å². The number of carbonyl (C=O) groups is 1. The van der Waals surface area contributed by atoms with Crippen LogP contribution in [0.2, 0.25) is 0 Å². The van der Waals surface area contributed by atoms with Crippen LogP contribution in [0, 0.1) is 5.92 Å². The highest BCUT2D eigenvalue weighted by Gasteiger charge is 2.19. The van der Waals surface area contributed by atoms with Gasteiger partial charge >= 0.3 is 0 Å². The van der Waals surface area contributed by atoms with E-state index in [1.807, 2.05) is 31.2 Å². The first-order valence-electron chi connectivity index (χ1n) is 9.68. The van der Waals surface area contributed by atoms with Crippen molar-refractivity contribution >= 4 is 35.8 Å². The SMILES string of the molecule is CCNC(=O)COc1cccc(CN=C(NCC)N(C)CC2CCOC2)c1.I. The topological polar surface area (TPSA) is 75.2 Å². The minimum Gasteiger partial charge on any atom is -0.484 e. The average Bonchev–Trinajstić information content (AvgIpc) is 3.17. The lowest BCUT2D eigenvalue weighted by atomic mass is 10.1. The van der Waals surface area contributed by atoms with Gasteiger partial charge in [0.05, 0.1) is 13.2 Å². The minimum atomic E-state index is -0.118. The fourth-order valence-corrected chi connectivity index (χ4v) is 2.97. The van der Waals surface area contributed by atoms with Crippen LogP contribution >= 0.6 is 24.0 Å². The van der Waals surface area contributed by atoms with E-state index in [4.69, 9.17) is 14.5 Å². The molecule has 28 heavy (non-hydrogen) atoms. The minimum absolute atomic E-state index is 0. The van der Waals surface area contributed by atoms with Crippen molar-refractivity contribution in [2.24, 2.45) is 10.9 Å². The van der Waals surface area contributed by atoms with Crippen molar-refractivity contribution in [3.63, 3.8) is 0 Å². The van der Waals surface area contributed by atoms with Gasteiger partial charge in [-0.2, -0.15) is 0 Å². The molecule has 1 heterocycles. The van der Waals surface area contributed by atoms with E-state index in [0.717, 1.165) is 44.2 Å². The number of ether oxygens (including phenoxy) is 2. The summed E-state index contributed by atoms with van der Waals surface area (Å²) in [7, 11) is 2.06. The van der Waals surface area contributed by atoms with Crippen LogP contribution in [0.15, 0.2) is 29.3 Å². The predicted molar refractivity (Wildman–Crippen MR) is 122 cm³/mol. The first kappa shape index (κ1) is 24.5. The van der Waals surface area contributed by atoms with Gasteiger partial charge in [-0.1, -0.05) is 12.1 Å². The lowest BCUT2D eigenvalue weighted by molar-refractivity contribution is -0.122. The van der Waals surface area contributed by atoms with Crippen molar-refractivity contribution in [1.82, 2.24) is 15.5 Å². The monoisotopic (exact) mass is 504 g/mol. The number of rotatable bonds is 9. The van der Waals surface area contributed by atoms with Crippen molar-refractivity contribution in [3.8, 4) is 5.75 Å². The van der Waals surface area contributed by atoms with Crippen LogP contribution in [0.25, 0.3) is 0 Å². The zero-order valence-electron chi connectivity index (χ0n) is 17.1. The van der Waals surface area contributed by atoms with E-state index in [0.29, 0.717) is 24.8 Å². The molecule has 2 rings (SSSR count). The molecule has 0 aliphatic carbocycles. The molecule has 1 amide bonds. The standard InChI is InChI=1S/C20H32N4O3.HI/c1-4-21-19(25)15-27-18-8-6-7-16(11-18)12-23-20(22-5-2)24(3)13-17-9-10-26-14-17;/h6-8,11,17H,4-5,9-10,12-15H2,1-3H3,(H,21,25)(H,22,23);1H. The van der Waals surface area contributed by atoms with Crippen LogP contribution in [-0.2, 0) is 16.1 Å². The molecule has 1 aliphatic rings. The molecular weight excluding hydrogens is 471 g/mol. The molecule has 8 heteroatoms. The van der Waals surface area contributed by atoms with E-state index in [1.54, 1.807) is 0 Å². The van der Waals surface area contributed by atoms with Crippen molar-refractivity contribution in [2.45, 2.75) is 26.8 Å². The smallest absolute Gasteiger partial charge is 0.257 e. The number of carbonyl (C=O) groups excluding carboxylic acids is 1. The van der Waals surface area contributed by atoms with Gasteiger partial charge in [0.25, 0.3) is 5.91 Å². The van der Waals surface area contributed by atoms with Gasteiger partial charge in [0, 0.05) is 39.2 Å². The largest absolute Gasteiger partial charge is 0.484 e. The summed E-state index contributed by atoms with van der Waals surface area (Å²) in [6.45, 7) is 8.56. The van der Waals surface area contributed by atoms with E-state index in [9.17, 15) is 4.79 Å². The molecule has 0 aromatic heterocycles.